The maximum atomic E-state index is 14.9. The summed E-state index contributed by atoms with van der Waals surface area (Å²) in [5.41, 5.74) is 4.42. The van der Waals surface area contributed by atoms with E-state index in [0.717, 1.165) is 43.5 Å². The van der Waals surface area contributed by atoms with Crippen molar-refractivity contribution in [2.24, 2.45) is 0 Å². The van der Waals surface area contributed by atoms with Crippen LogP contribution in [0.3, 0.4) is 0 Å². The molecule has 1 fully saturated rings. The number of fused-ring (bicyclic) bond motifs is 1. The van der Waals surface area contributed by atoms with Crippen LogP contribution < -0.4 is 5.48 Å². The molecule has 2 heterocycles. The van der Waals surface area contributed by atoms with E-state index in [1.54, 1.807) is 17.6 Å². The van der Waals surface area contributed by atoms with Crippen molar-refractivity contribution in [3.8, 4) is 11.4 Å². The molecule has 3 aromatic rings. The van der Waals surface area contributed by atoms with Crippen molar-refractivity contribution in [2.45, 2.75) is 25.8 Å². The van der Waals surface area contributed by atoms with Gasteiger partial charge in [-0.2, -0.15) is 0 Å². The van der Waals surface area contributed by atoms with Crippen molar-refractivity contribution in [3.63, 3.8) is 0 Å². The van der Waals surface area contributed by atoms with Crippen molar-refractivity contribution in [1.82, 2.24) is 19.9 Å². The molecule has 2 N–H and O–H groups in total. The molecule has 0 bridgehead atoms. The highest BCUT2D eigenvalue weighted by molar-refractivity contribution is 5.91. The van der Waals surface area contributed by atoms with Crippen LogP contribution in [0.25, 0.3) is 28.5 Å². The van der Waals surface area contributed by atoms with E-state index >= 15 is 0 Å². The van der Waals surface area contributed by atoms with E-state index in [9.17, 15) is 9.18 Å². The molecule has 156 valence electrons. The number of imidazole rings is 1. The van der Waals surface area contributed by atoms with Gasteiger partial charge in [-0.15, -0.1) is 0 Å². The fourth-order valence-corrected chi connectivity index (χ4v) is 4.16. The molecule has 1 aromatic heterocycles. The number of carbonyl (C=O) groups excluding carboxylic acids is 1. The zero-order chi connectivity index (χ0) is 21.1. The number of hydrogen-bond acceptors (Lipinski definition) is 4. The summed E-state index contributed by atoms with van der Waals surface area (Å²) >= 11 is 0. The monoisotopic (exact) mass is 408 g/mol. The second kappa shape index (κ2) is 8.77. The van der Waals surface area contributed by atoms with E-state index in [2.05, 4.69) is 16.4 Å². The first kappa shape index (κ1) is 20.3. The Morgan fingerprint density at radius 2 is 2.17 bits per heavy atom. The summed E-state index contributed by atoms with van der Waals surface area (Å²) in [6, 6.07) is 12.8. The number of nitrogens with zero attached hydrogens (tertiary/aromatic N) is 3. The van der Waals surface area contributed by atoms with Gasteiger partial charge in [0.05, 0.1) is 16.6 Å². The highest BCUT2D eigenvalue weighted by atomic mass is 19.1. The van der Waals surface area contributed by atoms with Crippen molar-refractivity contribution in [2.75, 3.05) is 19.6 Å². The Bertz CT molecular complexity index is 1090. The van der Waals surface area contributed by atoms with Crippen LogP contribution in [0.1, 0.15) is 31.4 Å². The van der Waals surface area contributed by atoms with Crippen LogP contribution >= 0.6 is 0 Å². The standard InChI is InChI=1S/C23H25FN4O2/c1-2-27-13-5-6-17(15-27)28-21-8-4-3-7-20(21)25-23(28)18-14-16(9-11-19(18)24)10-12-22(29)26-30/h3-4,7-12,14,17,30H,2,5-6,13,15H2,1H3,(H,26,29)/b12-10+. The molecule has 0 radical (unpaired) electrons. The first-order chi connectivity index (χ1) is 14.6. The topological polar surface area (TPSA) is 70.4 Å². The minimum absolute atomic E-state index is 0.208. The average molecular weight is 408 g/mol. The molecule has 0 saturated carbocycles. The number of halogens is 1. The summed E-state index contributed by atoms with van der Waals surface area (Å²) in [6.45, 7) is 5.13. The van der Waals surface area contributed by atoms with Crippen LogP contribution in [0.15, 0.2) is 48.5 Å². The smallest absolute Gasteiger partial charge is 0.267 e. The SMILES string of the molecule is CCN1CCCC(n2c(-c3cc(/C=C/C(=O)NO)ccc3F)nc3ccccc32)C1. The van der Waals surface area contributed by atoms with Crippen LogP contribution in [0.2, 0.25) is 0 Å². The van der Waals surface area contributed by atoms with Gasteiger partial charge in [-0.3, -0.25) is 10.0 Å². The summed E-state index contributed by atoms with van der Waals surface area (Å²) < 4.78 is 17.1. The molecule has 1 aliphatic rings. The summed E-state index contributed by atoms with van der Waals surface area (Å²) in [7, 11) is 0. The van der Waals surface area contributed by atoms with Gasteiger partial charge >= 0.3 is 0 Å². The van der Waals surface area contributed by atoms with E-state index in [4.69, 9.17) is 10.2 Å². The van der Waals surface area contributed by atoms with E-state index in [1.807, 2.05) is 24.3 Å². The average Bonchev–Trinajstić information content (AvgIpc) is 3.17. The number of carbonyl (C=O) groups is 1. The molecule has 6 nitrogen and oxygen atoms in total. The summed E-state index contributed by atoms with van der Waals surface area (Å²) in [5, 5.41) is 8.66. The largest absolute Gasteiger partial charge is 0.319 e. The zero-order valence-electron chi connectivity index (χ0n) is 16.9. The van der Waals surface area contributed by atoms with Gasteiger partial charge in [-0.25, -0.2) is 14.9 Å². The number of piperidine rings is 1. The van der Waals surface area contributed by atoms with Crippen molar-refractivity contribution in [3.05, 3.63) is 59.9 Å². The number of hydrogen-bond donors (Lipinski definition) is 2. The fourth-order valence-electron chi connectivity index (χ4n) is 4.16. The Hall–Kier alpha value is -3.03. The first-order valence-electron chi connectivity index (χ1n) is 10.2. The number of likely N-dealkylation sites (tertiary alicyclic amines) is 1. The predicted molar refractivity (Wildman–Crippen MR) is 114 cm³/mol. The maximum Gasteiger partial charge on any atom is 0.267 e. The third-order valence-corrected chi connectivity index (χ3v) is 5.66. The van der Waals surface area contributed by atoms with E-state index in [0.29, 0.717) is 17.0 Å². The van der Waals surface area contributed by atoms with Crippen molar-refractivity contribution >= 4 is 23.0 Å². The second-order valence-corrected chi connectivity index (χ2v) is 7.53. The Labute approximate surface area is 174 Å². The van der Waals surface area contributed by atoms with Gasteiger partial charge in [0, 0.05) is 18.7 Å². The van der Waals surface area contributed by atoms with Gasteiger partial charge in [0.15, 0.2) is 0 Å². The molecule has 0 aliphatic carbocycles. The van der Waals surface area contributed by atoms with E-state index in [1.165, 1.54) is 18.2 Å². The molecule has 30 heavy (non-hydrogen) atoms. The van der Waals surface area contributed by atoms with Crippen LogP contribution in [0.5, 0.6) is 0 Å². The highest BCUT2D eigenvalue weighted by Crippen LogP contribution is 2.34. The van der Waals surface area contributed by atoms with Gasteiger partial charge in [-0.05, 0) is 61.8 Å². The second-order valence-electron chi connectivity index (χ2n) is 7.53. The van der Waals surface area contributed by atoms with Gasteiger partial charge in [0.25, 0.3) is 5.91 Å². The number of para-hydroxylation sites is 2. The fraction of sp³-hybridized carbons (Fsp3) is 0.304. The Balaban J connectivity index is 1.83. The van der Waals surface area contributed by atoms with Crippen molar-refractivity contribution in [1.29, 1.82) is 0 Å². The third-order valence-electron chi connectivity index (χ3n) is 5.66. The van der Waals surface area contributed by atoms with Crippen LogP contribution in [0, 0.1) is 5.82 Å². The lowest BCUT2D eigenvalue weighted by molar-refractivity contribution is -0.124. The quantitative estimate of drug-likeness (QED) is 0.380. The summed E-state index contributed by atoms with van der Waals surface area (Å²) in [4.78, 5) is 18.5. The molecule has 4 rings (SSSR count). The number of rotatable bonds is 5. The van der Waals surface area contributed by atoms with Crippen LogP contribution in [-0.2, 0) is 4.79 Å². The number of hydroxylamine groups is 1. The molecule has 1 amide bonds. The first-order valence-corrected chi connectivity index (χ1v) is 10.2. The zero-order valence-corrected chi connectivity index (χ0v) is 16.9. The van der Waals surface area contributed by atoms with Crippen LogP contribution in [0.4, 0.5) is 4.39 Å². The number of likely N-dealkylation sites (N-methyl/N-ethyl adjacent to an activating group) is 1. The highest BCUT2D eigenvalue weighted by Gasteiger charge is 2.26. The molecule has 1 aliphatic heterocycles. The molecule has 0 spiro atoms. The van der Waals surface area contributed by atoms with Gasteiger partial charge in [0.1, 0.15) is 11.6 Å². The van der Waals surface area contributed by atoms with Gasteiger partial charge in [0.2, 0.25) is 0 Å². The minimum Gasteiger partial charge on any atom is -0.319 e. The number of nitrogens with one attached hydrogen (secondary N) is 1. The number of benzene rings is 2. The Kier molecular flexibility index (Phi) is 5.92. The molecular weight excluding hydrogens is 383 g/mol. The Morgan fingerprint density at radius 3 is 2.97 bits per heavy atom. The Morgan fingerprint density at radius 1 is 1.33 bits per heavy atom. The predicted octanol–water partition coefficient (Wildman–Crippen LogP) is 4.02. The normalized spacial score (nSPS) is 17.6. The molecular formula is C23H25FN4O2. The third kappa shape index (κ3) is 3.99. The van der Waals surface area contributed by atoms with Gasteiger partial charge in [-0.1, -0.05) is 25.1 Å². The van der Waals surface area contributed by atoms with Gasteiger partial charge < -0.3 is 9.47 Å². The maximum absolute atomic E-state index is 14.9. The molecule has 1 unspecified atom stereocenters. The minimum atomic E-state index is -0.644. The lowest BCUT2D eigenvalue weighted by atomic mass is 10.0. The molecule has 2 aromatic carbocycles. The summed E-state index contributed by atoms with van der Waals surface area (Å²) in [6.07, 6.45) is 4.83. The lowest BCUT2D eigenvalue weighted by Crippen LogP contribution is -2.36. The molecule has 1 saturated heterocycles. The molecule has 1 atom stereocenters. The number of amides is 1. The van der Waals surface area contributed by atoms with Crippen LogP contribution in [-0.4, -0.2) is 45.2 Å². The summed E-state index contributed by atoms with van der Waals surface area (Å²) in [5.74, 6) is -0.410. The van der Waals surface area contributed by atoms with E-state index in [-0.39, 0.29) is 11.9 Å². The van der Waals surface area contributed by atoms with Crippen molar-refractivity contribution < 1.29 is 14.4 Å². The molecule has 7 heteroatoms. The van der Waals surface area contributed by atoms with E-state index < -0.39 is 5.91 Å². The number of aromatic nitrogens is 2. The lowest BCUT2D eigenvalue weighted by Gasteiger charge is -2.33.